The van der Waals surface area contributed by atoms with Gasteiger partial charge in [0.1, 0.15) is 13.3 Å². The molecule has 6 heteroatoms. The lowest BCUT2D eigenvalue weighted by Gasteiger charge is -2.08. The van der Waals surface area contributed by atoms with E-state index in [1.54, 1.807) is 0 Å². The third-order valence-corrected chi connectivity index (χ3v) is 4.33. The monoisotopic (exact) mass is 335 g/mol. The van der Waals surface area contributed by atoms with Gasteiger partial charge in [-0.15, -0.1) is 0 Å². The number of thiophene rings is 1. The van der Waals surface area contributed by atoms with Gasteiger partial charge in [0.05, 0.1) is 0 Å². The quantitative estimate of drug-likeness (QED) is 0.773. The fourth-order valence-electron chi connectivity index (χ4n) is 1.82. The first kappa shape index (κ1) is 17.3. The van der Waals surface area contributed by atoms with Crippen molar-refractivity contribution in [3.8, 4) is 10.8 Å². The number of hydrogen-bond donors (Lipinski definition) is 1. The zero-order valence-corrected chi connectivity index (χ0v) is 14.3. The standard InChI is InChI=1S/C17H21NO4S/c1-12(2)15-9-14(21-10-13-7-5-4-6-8-13)16(23-15)22-17(19)18-11-20-3/h4-9,12H,10-11H2,1-3H3,(H,18,19). The molecule has 124 valence electrons. The van der Waals surface area contributed by atoms with Gasteiger partial charge in [0.2, 0.25) is 5.06 Å². The fourth-order valence-corrected chi connectivity index (χ4v) is 2.77. The summed E-state index contributed by atoms with van der Waals surface area (Å²) in [5.74, 6) is 0.911. The van der Waals surface area contributed by atoms with Crippen LogP contribution in [-0.2, 0) is 11.3 Å². The molecule has 0 unspecified atom stereocenters. The van der Waals surface area contributed by atoms with Crippen molar-refractivity contribution in [1.29, 1.82) is 0 Å². The average molecular weight is 335 g/mol. The van der Waals surface area contributed by atoms with Crippen LogP contribution in [0.3, 0.4) is 0 Å². The first-order valence-electron chi connectivity index (χ1n) is 7.35. The molecule has 0 radical (unpaired) electrons. The number of hydrogen-bond acceptors (Lipinski definition) is 5. The minimum atomic E-state index is -0.562. The van der Waals surface area contributed by atoms with E-state index in [2.05, 4.69) is 19.2 Å². The summed E-state index contributed by atoms with van der Waals surface area (Å²) in [5, 5.41) is 2.94. The Kier molecular flexibility index (Phi) is 6.43. The lowest BCUT2D eigenvalue weighted by Crippen LogP contribution is -2.28. The third-order valence-electron chi connectivity index (χ3n) is 3.04. The van der Waals surface area contributed by atoms with E-state index in [4.69, 9.17) is 14.2 Å². The van der Waals surface area contributed by atoms with Gasteiger partial charge in [0.15, 0.2) is 5.75 Å². The Labute approximate surface area is 140 Å². The van der Waals surface area contributed by atoms with Crippen LogP contribution in [0.2, 0.25) is 0 Å². The molecule has 0 atom stereocenters. The molecule has 1 aromatic carbocycles. The van der Waals surface area contributed by atoms with Gasteiger partial charge in [-0.3, -0.25) is 5.32 Å². The highest BCUT2D eigenvalue weighted by Gasteiger charge is 2.17. The molecule has 1 amide bonds. The first-order valence-corrected chi connectivity index (χ1v) is 8.17. The molecular formula is C17H21NO4S. The summed E-state index contributed by atoms with van der Waals surface area (Å²) in [6.45, 7) is 4.69. The summed E-state index contributed by atoms with van der Waals surface area (Å²) in [5.41, 5.74) is 1.06. The van der Waals surface area contributed by atoms with Crippen LogP contribution < -0.4 is 14.8 Å². The van der Waals surface area contributed by atoms with Gasteiger partial charge >= 0.3 is 6.09 Å². The maximum Gasteiger partial charge on any atom is 0.415 e. The van der Waals surface area contributed by atoms with Crippen molar-refractivity contribution >= 4 is 17.4 Å². The number of carbonyl (C=O) groups excluding carboxylic acids is 1. The molecule has 5 nitrogen and oxygen atoms in total. The molecule has 0 bridgehead atoms. The zero-order valence-electron chi connectivity index (χ0n) is 13.5. The van der Waals surface area contributed by atoms with Crippen molar-refractivity contribution in [2.24, 2.45) is 0 Å². The number of methoxy groups -OCH3 is 1. The third kappa shape index (κ3) is 5.26. The molecule has 1 N–H and O–H groups in total. The van der Waals surface area contributed by atoms with E-state index in [9.17, 15) is 4.79 Å². The molecule has 0 aliphatic carbocycles. The normalized spacial score (nSPS) is 10.6. The Morgan fingerprint density at radius 3 is 2.65 bits per heavy atom. The van der Waals surface area contributed by atoms with E-state index < -0.39 is 6.09 Å². The van der Waals surface area contributed by atoms with Crippen LogP contribution in [0.1, 0.15) is 30.2 Å². The molecule has 0 saturated heterocycles. The van der Waals surface area contributed by atoms with Crippen LogP contribution in [0.4, 0.5) is 4.79 Å². The Bertz CT molecular complexity index is 625. The predicted octanol–water partition coefficient (Wildman–Crippen LogP) is 4.14. The number of carbonyl (C=O) groups is 1. The number of nitrogens with one attached hydrogen (secondary N) is 1. The van der Waals surface area contributed by atoms with Gasteiger partial charge in [0.25, 0.3) is 0 Å². The van der Waals surface area contributed by atoms with Gasteiger partial charge in [-0.25, -0.2) is 4.79 Å². The van der Waals surface area contributed by atoms with E-state index >= 15 is 0 Å². The lowest BCUT2D eigenvalue weighted by molar-refractivity contribution is 0.153. The average Bonchev–Trinajstić information content (AvgIpc) is 2.95. The Hall–Kier alpha value is -2.05. The van der Waals surface area contributed by atoms with Gasteiger partial charge in [0, 0.05) is 12.0 Å². The van der Waals surface area contributed by atoms with Gasteiger partial charge < -0.3 is 14.2 Å². The highest BCUT2D eigenvalue weighted by molar-refractivity contribution is 7.14. The van der Waals surface area contributed by atoms with E-state index in [-0.39, 0.29) is 6.73 Å². The van der Waals surface area contributed by atoms with Crippen molar-refractivity contribution in [2.75, 3.05) is 13.8 Å². The Morgan fingerprint density at radius 1 is 1.26 bits per heavy atom. The van der Waals surface area contributed by atoms with Crippen molar-refractivity contribution in [2.45, 2.75) is 26.4 Å². The van der Waals surface area contributed by atoms with Crippen LogP contribution in [0.15, 0.2) is 36.4 Å². The Balaban J connectivity index is 2.08. The topological polar surface area (TPSA) is 56.8 Å². The van der Waals surface area contributed by atoms with Crippen LogP contribution >= 0.6 is 11.3 Å². The molecular weight excluding hydrogens is 314 g/mol. The van der Waals surface area contributed by atoms with Crippen LogP contribution in [0, 0.1) is 0 Å². The number of ether oxygens (including phenoxy) is 3. The van der Waals surface area contributed by atoms with Gasteiger partial charge in [-0.05, 0) is 17.5 Å². The van der Waals surface area contributed by atoms with Gasteiger partial charge in [-0.1, -0.05) is 55.5 Å². The molecule has 23 heavy (non-hydrogen) atoms. The first-order chi connectivity index (χ1) is 11.1. The molecule has 0 aliphatic heterocycles. The van der Waals surface area contributed by atoms with E-state index in [0.717, 1.165) is 10.4 Å². The Morgan fingerprint density at radius 2 is 2.00 bits per heavy atom. The molecule has 0 saturated carbocycles. The number of amides is 1. The molecule has 2 rings (SSSR count). The zero-order chi connectivity index (χ0) is 16.7. The second-order valence-corrected chi connectivity index (χ2v) is 6.28. The summed E-state index contributed by atoms with van der Waals surface area (Å²) >= 11 is 1.42. The smallest absolute Gasteiger partial charge is 0.415 e. The lowest BCUT2D eigenvalue weighted by atomic mass is 10.2. The summed E-state index contributed by atoms with van der Waals surface area (Å²) in [7, 11) is 1.50. The summed E-state index contributed by atoms with van der Waals surface area (Å²) < 4.78 is 16.0. The summed E-state index contributed by atoms with van der Waals surface area (Å²) in [4.78, 5) is 12.8. The van der Waals surface area contributed by atoms with E-state index in [0.29, 0.717) is 23.3 Å². The maximum atomic E-state index is 11.7. The predicted molar refractivity (Wildman–Crippen MR) is 90.2 cm³/mol. The SMILES string of the molecule is COCNC(=O)Oc1sc(C(C)C)cc1OCc1ccccc1. The molecule has 2 aromatic rings. The second-order valence-electron chi connectivity index (χ2n) is 5.23. The minimum Gasteiger partial charge on any atom is -0.484 e. The van der Waals surface area contributed by atoms with Crippen molar-refractivity contribution < 1.29 is 19.0 Å². The van der Waals surface area contributed by atoms with Crippen molar-refractivity contribution in [1.82, 2.24) is 5.32 Å². The molecule has 0 fully saturated rings. The van der Waals surface area contributed by atoms with Crippen LogP contribution in [0.5, 0.6) is 10.8 Å². The highest BCUT2D eigenvalue weighted by atomic mass is 32.1. The molecule has 1 heterocycles. The maximum absolute atomic E-state index is 11.7. The number of benzene rings is 1. The fraction of sp³-hybridized carbons (Fsp3) is 0.353. The van der Waals surface area contributed by atoms with E-state index in [1.165, 1.54) is 18.4 Å². The van der Waals surface area contributed by atoms with Crippen LogP contribution in [0.25, 0.3) is 0 Å². The summed E-state index contributed by atoms with van der Waals surface area (Å²) in [6, 6.07) is 11.8. The number of rotatable bonds is 7. The highest BCUT2D eigenvalue weighted by Crippen LogP contribution is 2.41. The molecule has 0 aliphatic rings. The molecule has 1 aromatic heterocycles. The van der Waals surface area contributed by atoms with E-state index in [1.807, 2.05) is 36.4 Å². The van der Waals surface area contributed by atoms with Crippen LogP contribution in [-0.4, -0.2) is 19.9 Å². The second kappa shape index (κ2) is 8.55. The minimum absolute atomic E-state index is 0.0987. The van der Waals surface area contributed by atoms with Crippen molar-refractivity contribution in [3.05, 3.63) is 46.8 Å². The van der Waals surface area contributed by atoms with Crippen molar-refractivity contribution in [3.63, 3.8) is 0 Å². The summed E-state index contributed by atoms with van der Waals surface area (Å²) in [6.07, 6.45) is -0.562. The van der Waals surface area contributed by atoms with Gasteiger partial charge in [-0.2, -0.15) is 0 Å². The molecule has 0 spiro atoms. The largest absolute Gasteiger partial charge is 0.484 e.